The molecule has 112 valence electrons. The Morgan fingerprint density at radius 2 is 2.00 bits per heavy atom. The second-order valence-corrected chi connectivity index (χ2v) is 6.95. The summed E-state index contributed by atoms with van der Waals surface area (Å²) >= 11 is 3.45. The molecule has 0 heterocycles. The zero-order valence-corrected chi connectivity index (χ0v) is 14.4. The second kappa shape index (κ2) is 8.46. The lowest BCUT2D eigenvalue weighted by Gasteiger charge is -2.24. The Labute approximate surface area is 131 Å². The Balaban J connectivity index is 2.32. The highest BCUT2D eigenvalue weighted by atomic mass is 79.9. The Morgan fingerprint density at radius 1 is 1.30 bits per heavy atom. The van der Waals surface area contributed by atoms with E-state index in [0.717, 1.165) is 31.1 Å². The topological polar surface area (TPSA) is 29.1 Å². The molecule has 1 amide bonds. The number of carbonyl (C=O) groups excluding carboxylic acids is 1. The van der Waals surface area contributed by atoms with Crippen molar-refractivity contribution in [3.05, 3.63) is 35.4 Å². The van der Waals surface area contributed by atoms with Crippen molar-refractivity contribution in [1.82, 2.24) is 5.32 Å². The third-order valence-electron chi connectivity index (χ3n) is 3.63. The van der Waals surface area contributed by atoms with E-state index < -0.39 is 0 Å². The lowest BCUT2D eigenvalue weighted by Crippen LogP contribution is -2.34. The molecule has 0 aliphatic carbocycles. The molecule has 2 nitrogen and oxygen atoms in total. The lowest BCUT2D eigenvalue weighted by atomic mass is 9.88. The molecule has 3 heteroatoms. The number of rotatable bonds is 8. The number of hydrogen-bond acceptors (Lipinski definition) is 1. The number of benzene rings is 1. The smallest absolute Gasteiger partial charge is 0.220 e. The zero-order chi connectivity index (χ0) is 15.0. The number of alkyl halides is 1. The molecule has 1 aromatic carbocycles. The van der Waals surface area contributed by atoms with E-state index in [1.54, 1.807) is 0 Å². The fourth-order valence-corrected chi connectivity index (χ4v) is 2.48. The first kappa shape index (κ1) is 17.2. The maximum absolute atomic E-state index is 11.9. The zero-order valence-electron chi connectivity index (χ0n) is 12.8. The molecule has 1 aromatic rings. The summed E-state index contributed by atoms with van der Waals surface area (Å²) in [5.74, 6) is 0.153. The molecule has 0 radical (unpaired) electrons. The van der Waals surface area contributed by atoms with Crippen molar-refractivity contribution in [1.29, 1.82) is 0 Å². The summed E-state index contributed by atoms with van der Waals surface area (Å²) in [7, 11) is 0. The number of carbonyl (C=O) groups is 1. The first-order valence-corrected chi connectivity index (χ1v) is 8.44. The molecule has 1 N–H and O–H groups in total. The van der Waals surface area contributed by atoms with Crippen LogP contribution in [0.15, 0.2) is 24.3 Å². The predicted octanol–water partition coefficient (Wildman–Crippen LogP) is 4.25. The van der Waals surface area contributed by atoms with Gasteiger partial charge in [-0.3, -0.25) is 4.79 Å². The van der Waals surface area contributed by atoms with Gasteiger partial charge in [-0.1, -0.05) is 54.0 Å². The van der Waals surface area contributed by atoms with Crippen LogP contribution in [0.1, 0.15) is 44.2 Å². The fourth-order valence-electron chi connectivity index (χ4n) is 2.20. The van der Waals surface area contributed by atoms with Crippen molar-refractivity contribution < 1.29 is 4.79 Å². The maximum atomic E-state index is 11.9. The van der Waals surface area contributed by atoms with Gasteiger partial charge in [0.1, 0.15) is 0 Å². The molecular formula is C17H26BrNO. The molecule has 0 atom stereocenters. The Kier molecular flexibility index (Phi) is 7.28. The Hall–Kier alpha value is -0.830. The van der Waals surface area contributed by atoms with Crippen molar-refractivity contribution in [2.45, 2.75) is 46.5 Å². The van der Waals surface area contributed by atoms with Crippen LogP contribution in [0.2, 0.25) is 0 Å². The van der Waals surface area contributed by atoms with E-state index >= 15 is 0 Å². The standard InChI is InChI=1S/C17H26BrNO/c1-14-7-4-5-8-15(14)9-10-16(20)19-13-17(2,3)11-6-12-18/h4-5,7-8H,6,9-13H2,1-3H3,(H,19,20). The minimum atomic E-state index is 0.153. The minimum Gasteiger partial charge on any atom is -0.356 e. The summed E-state index contributed by atoms with van der Waals surface area (Å²) in [4.78, 5) is 11.9. The van der Waals surface area contributed by atoms with Crippen LogP contribution in [-0.4, -0.2) is 17.8 Å². The van der Waals surface area contributed by atoms with E-state index in [2.05, 4.69) is 54.2 Å². The molecule has 0 spiro atoms. The van der Waals surface area contributed by atoms with E-state index in [4.69, 9.17) is 0 Å². The molecule has 0 saturated heterocycles. The Bertz CT molecular complexity index is 429. The second-order valence-electron chi connectivity index (χ2n) is 6.16. The summed E-state index contributed by atoms with van der Waals surface area (Å²) in [6.45, 7) is 7.26. The molecular weight excluding hydrogens is 314 g/mol. The summed E-state index contributed by atoms with van der Waals surface area (Å²) in [5.41, 5.74) is 2.70. The summed E-state index contributed by atoms with van der Waals surface area (Å²) in [5, 5.41) is 4.09. The van der Waals surface area contributed by atoms with Crippen LogP contribution < -0.4 is 5.32 Å². The molecule has 0 unspecified atom stereocenters. The summed E-state index contributed by atoms with van der Waals surface area (Å²) in [6.07, 6.45) is 3.65. The highest BCUT2D eigenvalue weighted by Crippen LogP contribution is 2.21. The van der Waals surface area contributed by atoms with Crippen molar-refractivity contribution in [3.63, 3.8) is 0 Å². The lowest BCUT2D eigenvalue weighted by molar-refractivity contribution is -0.121. The van der Waals surface area contributed by atoms with E-state index in [0.29, 0.717) is 6.42 Å². The van der Waals surface area contributed by atoms with Gasteiger partial charge in [-0.2, -0.15) is 0 Å². The van der Waals surface area contributed by atoms with Gasteiger partial charge in [0, 0.05) is 18.3 Å². The molecule has 0 bridgehead atoms. The largest absolute Gasteiger partial charge is 0.356 e. The third kappa shape index (κ3) is 6.56. The van der Waals surface area contributed by atoms with Gasteiger partial charge in [-0.15, -0.1) is 0 Å². The van der Waals surface area contributed by atoms with Gasteiger partial charge in [-0.25, -0.2) is 0 Å². The molecule has 0 aromatic heterocycles. The van der Waals surface area contributed by atoms with E-state index in [-0.39, 0.29) is 11.3 Å². The SMILES string of the molecule is Cc1ccccc1CCC(=O)NCC(C)(C)CCCBr. The van der Waals surface area contributed by atoms with E-state index in [1.165, 1.54) is 11.1 Å². The molecule has 1 rings (SSSR count). The van der Waals surface area contributed by atoms with Gasteiger partial charge < -0.3 is 5.32 Å². The van der Waals surface area contributed by atoms with Crippen LogP contribution in [0.25, 0.3) is 0 Å². The molecule has 0 aliphatic rings. The van der Waals surface area contributed by atoms with Gasteiger partial charge >= 0.3 is 0 Å². The van der Waals surface area contributed by atoms with E-state index in [9.17, 15) is 4.79 Å². The number of nitrogens with one attached hydrogen (secondary N) is 1. The molecule has 0 saturated carbocycles. The minimum absolute atomic E-state index is 0.153. The highest BCUT2D eigenvalue weighted by Gasteiger charge is 2.18. The van der Waals surface area contributed by atoms with Crippen LogP contribution in [0.5, 0.6) is 0 Å². The van der Waals surface area contributed by atoms with Crippen LogP contribution in [0, 0.1) is 12.3 Å². The van der Waals surface area contributed by atoms with Crippen LogP contribution in [0.3, 0.4) is 0 Å². The highest BCUT2D eigenvalue weighted by molar-refractivity contribution is 9.09. The number of aryl methyl sites for hydroxylation is 2. The number of amides is 1. The normalized spacial score (nSPS) is 11.4. The average molecular weight is 340 g/mol. The van der Waals surface area contributed by atoms with Gasteiger partial charge in [-0.05, 0) is 42.7 Å². The van der Waals surface area contributed by atoms with Gasteiger partial charge in [0.15, 0.2) is 0 Å². The predicted molar refractivity (Wildman–Crippen MR) is 89.3 cm³/mol. The monoisotopic (exact) mass is 339 g/mol. The van der Waals surface area contributed by atoms with Crippen LogP contribution >= 0.6 is 15.9 Å². The number of halogens is 1. The average Bonchev–Trinajstić information content (AvgIpc) is 2.42. The van der Waals surface area contributed by atoms with Crippen LogP contribution in [-0.2, 0) is 11.2 Å². The third-order valence-corrected chi connectivity index (χ3v) is 4.19. The van der Waals surface area contributed by atoms with Gasteiger partial charge in [0.25, 0.3) is 0 Å². The van der Waals surface area contributed by atoms with Crippen LogP contribution in [0.4, 0.5) is 0 Å². The molecule has 0 aliphatic heterocycles. The molecule has 20 heavy (non-hydrogen) atoms. The first-order chi connectivity index (χ1) is 9.44. The van der Waals surface area contributed by atoms with Gasteiger partial charge in [0.2, 0.25) is 5.91 Å². The fraction of sp³-hybridized carbons (Fsp3) is 0.588. The summed E-state index contributed by atoms with van der Waals surface area (Å²) in [6, 6.07) is 8.26. The first-order valence-electron chi connectivity index (χ1n) is 7.32. The van der Waals surface area contributed by atoms with Crippen molar-refractivity contribution in [3.8, 4) is 0 Å². The molecule has 0 fully saturated rings. The van der Waals surface area contributed by atoms with Crippen molar-refractivity contribution >= 4 is 21.8 Å². The van der Waals surface area contributed by atoms with Crippen molar-refractivity contribution in [2.75, 3.05) is 11.9 Å². The quantitative estimate of drug-likeness (QED) is 0.705. The van der Waals surface area contributed by atoms with Gasteiger partial charge in [0.05, 0.1) is 0 Å². The van der Waals surface area contributed by atoms with E-state index in [1.807, 2.05) is 12.1 Å². The Morgan fingerprint density at radius 3 is 2.65 bits per heavy atom. The van der Waals surface area contributed by atoms with Crippen molar-refractivity contribution in [2.24, 2.45) is 5.41 Å². The number of hydrogen-bond donors (Lipinski definition) is 1. The summed E-state index contributed by atoms with van der Waals surface area (Å²) < 4.78 is 0. The maximum Gasteiger partial charge on any atom is 0.220 e.